The van der Waals surface area contributed by atoms with Crippen molar-refractivity contribution in [2.45, 2.75) is 27.0 Å². The molecule has 4 nitrogen and oxygen atoms in total. The highest BCUT2D eigenvalue weighted by atomic mass is 35.5. The van der Waals surface area contributed by atoms with Crippen LogP contribution in [0.1, 0.15) is 23.6 Å². The van der Waals surface area contributed by atoms with Crippen LogP contribution in [0.15, 0.2) is 36.4 Å². The highest BCUT2D eigenvalue weighted by Gasteiger charge is 2.13. The molecule has 0 aliphatic rings. The fraction of sp³-hybridized carbons (Fsp3) is 0.368. The summed E-state index contributed by atoms with van der Waals surface area (Å²) < 4.78 is 11.6. The highest BCUT2D eigenvalue weighted by molar-refractivity contribution is 6.32. The van der Waals surface area contributed by atoms with Gasteiger partial charge in [0.25, 0.3) is 0 Å². The average molecular weight is 350 g/mol. The molecule has 0 unspecified atom stereocenters. The molecule has 0 heterocycles. The van der Waals surface area contributed by atoms with Crippen molar-refractivity contribution in [3.8, 4) is 11.5 Å². The Kier molecular flexibility index (Phi) is 7.37. The second-order valence-corrected chi connectivity index (χ2v) is 5.86. The SMILES string of the molecule is CCOc1cc(CNCCO)cc(Cl)c1OCc1ccccc1C. The summed E-state index contributed by atoms with van der Waals surface area (Å²) in [6.07, 6.45) is 0. The maximum absolute atomic E-state index is 8.85. The van der Waals surface area contributed by atoms with Gasteiger partial charge in [0.05, 0.1) is 18.2 Å². The minimum atomic E-state index is 0.101. The van der Waals surface area contributed by atoms with Crippen molar-refractivity contribution in [3.63, 3.8) is 0 Å². The third-order valence-electron chi connectivity index (χ3n) is 3.62. The van der Waals surface area contributed by atoms with Crippen molar-refractivity contribution in [1.29, 1.82) is 0 Å². The van der Waals surface area contributed by atoms with E-state index in [0.717, 1.165) is 11.1 Å². The number of benzene rings is 2. The Bertz CT molecular complexity index is 661. The van der Waals surface area contributed by atoms with Crippen LogP contribution in [0.4, 0.5) is 0 Å². The van der Waals surface area contributed by atoms with Crippen molar-refractivity contribution >= 4 is 11.6 Å². The third-order valence-corrected chi connectivity index (χ3v) is 3.90. The minimum Gasteiger partial charge on any atom is -0.490 e. The van der Waals surface area contributed by atoms with Gasteiger partial charge in [-0.15, -0.1) is 0 Å². The quantitative estimate of drug-likeness (QED) is 0.678. The summed E-state index contributed by atoms with van der Waals surface area (Å²) in [6, 6.07) is 11.9. The molecule has 2 aromatic carbocycles. The number of nitrogens with one attached hydrogen (secondary N) is 1. The summed E-state index contributed by atoms with van der Waals surface area (Å²) in [6.45, 7) is 6.20. The van der Waals surface area contributed by atoms with Gasteiger partial charge in [-0.2, -0.15) is 0 Å². The van der Waals surface area contributed by atoms with Crippen LogP contribution >= 0.6 is 11.6 Å². The Morgan fingerprint density at radius 1 is 1.17 bits per heavy atom. The van der Waals surface area contributed by atoms with Crippen LogP contribution in [0.5, 0.6) is 11.5 Å². The van der Waals surface area contributed by atoms with Crippen LogP contribution in [0.3, 0.4) is 0 Å². The van der Waals surface area contributed by atoms with E-state index < -0.39 is 0 Å². The molecule has 0 saturated carbocycles. The van der Waals surface area contributed by atoms with Gasteiger partial charge in [-0.1, -0.05) is 35.9 Å². The molecule has 0 radical (unpaired) electrons. The molecule has 130 valence electrons. The Hall–Kier alpha value is -1.75. The molecule has 2 rings (SSSR count). The van der Waals surface area contributed by atoms with Gasteiger partial charge < -0.3 is 19.9 Å². The first kappa shape index (κ1) is 18.6. The molecule has 0 saturated heterocycles. The molecular weight excluding hydrogens is 326 g/mol. The number of ether oxygens (including phenoxy) is 2. The van der Waals surface area contributed by atoms with E-state index in [9.17, 15) is 0 Å². The summed E-state index contributed by atoms with van der Waals surface area (Å²) in [5.41, 5.74) is 3.28. The molecule has 2 N–H and O–H groups in total. The van der Waals surface area contributed by atoms with Crippen LogP contribution in [-0.2, 0) is 13.2 Å². The third kappa shape index (κ3) is 5.13. The second-order valence-electron chi connectivity index (χ2n) is 5.45. The lowest BCUT2D eigenvalue weighted by atomic mass is 10.1. The number of aryl methyl sites for hydroxylation is 1. The van der Waals surface area contributed by atoms with Crippen molar-refractivity contribution in [3.05, 3.63) is 58.1 Å². The fourth-order valence-electron chi connectivity index (χ4n) is 2.36. The maximum Gasteiger partial charge on any atom is 0.180 e. The van der Waals surface area contributed by atoms with E-state index in [2.05, 4.69) is 18.3 Å². The average Bonchev–Trinajstić information content (AvgIpc) is 2.56. The normalized spacial score (nSPS) is 10.7. The largest absolute Gasteiger partial charge is 0.490 e. The van der Waals surface area contributed by atoms with E-state index >= 15 is 0 Å². The van der Waals surface area contributed by atoms with E-state index in [4.69, 9.17) is 26.2 Å². The first-order valence-electron chi connectivity index (χ1n) is 8.09. The van der Waals surface area contributed by atoms with Gasteiger partial charge in [-0.05, 0) is 42.7 Å². The molecule has 0 amide bonds. The molecular formula is C19H24ClNO3. The molecule has 24 heavy (non-hydrogen) atoms. The van der Waals surface area contributed by atoms with Crippen LogP contribution in [-0.4, -0.2) is 24.9 Å². The zero-order valence-electron chi connectivity index (χ0n) is 14.1. The smallest absolute Gasteiger partial charge is 0.180 e. The summed E-state index contributed by atoms with van der Waals surface area (Å²) in [7, 11) is 0. The van der Waals surface area contributed by atoms with Crippen LogP contribution in [0, 0.1) is 6.92 Å². The van der Waals surface area contributed by atoms with Crippen molar-refractivity contribution in [2.75, 3.05) is 19.8 Å². The van der Waals surface area contributed by atoms with Gasteiger partial charge in [-0.3, -0.25) is 0 Å². The van der Waals surface area contributed by atoms with E-state index in [0.29, 0.717) is 42.8 Å². The number of rotatable bonds is 9. The molecule has 0 aliphatic carbocycles. The summed E-state index contributed by atoms with van der Waals surface area (Å²) in [4.78, 5) is 0. The van der Waals surface area contributed by atoms with Gasteiger partial charge in [0.2, 0.25) is 0 Å². The predicted molar refractivity (Wildman–Crippen MR) is 96.9 cm³/mol. The first-order valence-corrected chi connectivity index (χ1v) is 8.47. The van der Waals surface area contributed by atoms with E-state index in [1.54, 1.807) is 0 Å². The number of hydrogen-bond donors (Lipinski definition) is 2. The number of aliphatic hydroxyl groups is 1. The van der Waals surface area contributed by atoms with E-state index in [1.165, 1.54) is 5.56 Å². The van der Waals surface area contributed by atoms with E-state index in [1.807, 2.05) is 37.3 Å². The Labute approximate surface area is 148 Å². The Morgan fingerprint density at radius 3 is 2.67 bits per heavy atom. The van der Waals surface area contributed by atoms with Crippen LogP contribution < -0.4 is 14.8 Å². The molecule has 5 heteroatoms. The fourth-order valence-corrected chi connectivity index (χ4v) is 2.65. The van der Waals surface area contributed by atoms with Gasteiger partial charge in [-0.25, -0.2) is 0 Å². The maximum atomic E-state index is 8.85. The zero-order chi connectivity index (χ0) is 17.4. The minimum absolute atomic E-state index is 0.101. The van der Waals surface area contributed by atoms with Gasteiger partial charge in [0.15, 0.2) is 11.5 Å². The highest BCUT2D eigenvalue weighted by Crippen LogP contribution is 2.37. The van der Waals surface area contributed by atoms with Crippen LogP contribution in [0.2, 0.25) is 5.02 Å². The monoisotopic (exact) mass is 349 g/mol. The molecule has 0 fully saturated rings. The lowest BCUT2D eigenvalue weighted by Crippen LogP contribution is -2.17. The summed E-state index contributed by atoms with van der Waals surface area (Å²) in [5, 5.41) is 12.5. The molecule has 0 atom stereocenters. The first-order chi connectivity index (χ1) is 11.7. The Balaban J connectivity index is 2.16. The lowest BCUT2D eigenvalue weighted by molar-refractivity contribution is 0.268. The van der Waals surface area contributed by atoms with Gasteiger partial charge >= 0.3 is 0 Å². The number of hydrogen-bond acceptors (Lipinski definition) is 4. The van der Waals surface area contributed by atoms with Gasteiger partial charge in [0, 0.05) is 13.1 Å². The topological polar surface area (TPSA) is 50.7 Å². The lowest BCUT2D eigenvalue weighted by Gasteiger charge is -2.16. The van der Waals surface area contributed by atoms with Crippen LogP contribution in [0.25, 0.3) is 0 Å². The van der Waals surface area contributed by atoms with Crippen molar-refractivity contribution in [1.82, 2.24) is 5.32 Å². The molecule has 0 bridgehead atoms. The summed E-state index contributed by atoms with van der Waals surface area (Å²) >= 11 is 6.41. The van der Waals surface area contributed by atoms with Gasteiger partial charge in [0.1, 0.15) is 6.61 Å². The van der Waals surface area contributed by atoms with E-state index in [-0.39, 0.29) is 6.61 Å². The zero-order valence-corrected chi connectivity index (χ0v) is 14.9. The molecule has 0 aromatic heterocycles. The van der Waals surface area contributed by atoms with Crippen molar-refractivity contribution < 1.29 is 14.6 Å². The molecule has 0 aliphatic heterocycles. The number of aliphatic hydroxyl groups excluding tert-OH is 1. The van der Waals surface area contributed by atoms with Crippen molar-refractivity contribution in [2.24, 2.45) is 0 Å². The molecule has 0 spiro atoms. The Morgan fingerprint density at radius 2 is 1.96 bits per heavy atom. The summed E-state index contributed by atoms with van der Waals surface area (Å²) in [5.74, 6) is 1.20. The second kappa shape index (κ2) is 9.52. The molecule has 2 aromatic rings. The predicted octanol–water partition coefficient (Wildman–Crippen LogP) is 3.71. The number of halogens is 1. The standard InChI is InChI=1S/C19H24ClNO3/c1-3-23-18-11-15(12-21-8-9-22)10-17(20)19(18)24-13-16-7-5-4-6-14(16)2/h4-7,10-11,21-22H,3,8-9,12-13H2,1-2H3.